The molecule has 0 saturated heterocycles. The fraction of sp³-hybridized carbons (Fsp3) is 0.235. The van der Waals surface area contributed by atoms with Gasteiger partial charge < -0.3 is 10.1 Å². The molecule has 0 aliphatic heterocycles. The molecule has 0 fully saturated rings. The van der Waals surface area contributed by atoms with Crippen LogP contribution in [0.15, 0.2) is 53.9 Å². The summed E-state index contributed by atoms with van der Waals surface area (Å²) in [4.78, 5) is 12.2. The Balaban J connectivity index is 1.61. The van der Waals surface area contributed by atoms with Crippen molar-refractivity contribution < 1.29 is 18.3 Å². The zero-order valence-electron chi connectivity index (χ0n) is 14.4. The summed E-state index contributed by atoms with van der Waals surface area (Å²) in [5, 5.41) is 11.6. The van der Waals surface area contributed by atoms with Crippen LogP contribution in [0.1, 0.15) is 12.7 Å². The molecule has 0 saturated carbocycles. The highest BCUT2D eigenvalue weighted by Gasteiger charge is 2.14. The van der Waals surface area contributed by atoms with Gasteiger partial charge in [-0.15, -0.1) is 10.2 Å². The number of halogens is 2. The molecule has 142 valence electrons. The predicted molar refractivity (Wildman–Crippen MR) is 97.1 cm³/mol. The normalized spacial score (nSPS) is 11.0. The number of aromatic nitrogens is 4. The number of nitrogens with one attached hydrogen (secondary N) is 1. The second-order valence-electron chi connectivity index (χ2n) is 5.37. The minimum absolute atomic E-state index is 0.0318. The third kappa shape index (κ3) is 4.85. The van der Waals surface area contributed by atoms with Crippen molar-refractivity contribution in [3.05, 3.63) is 54.6 Å². The number of nitrogens with zero attached hydrogens (tertiary/aromatic N) is 4. The molecule has 0 radical (unpaired) electrons. The number of carbonyl (C=O) groups is 1. The van der Waals surface area contributed by atoms with E-state index in [2.05, 4.69) is 20.3 Å². The van der Waals surface area contributed by atoms with Gasteiger partial charge >= 0.3 is 6.61 Å². The maximum atomic E-state index is 12.2. The molecule has 1 aromatic carbocycles. The number of carbonyl (C=O) groups excluding carboxylic acids is 1. The molecule has 1 N–H and O–H groups in total. The average molecular weight is 393 g/mol. The summed E-state index contributed by atoms with van der Waals surface area (Å²) in [5.74, 6) is 0.689. The van der Waals surface area contributed by atoms with E-state index in [4.69, 9.17) is 0 Å². The van der Waals surface area contributed by atoms with Gasteiger partial charge in [0.05, 0.1) is 5.75 Å². The van der Waals surface area contributed by atoms with Crippen LogP contribution in [0.3, 0.4) is 0 Å². The van der Waals surface area contributed by atoms with Crippen LogP contribution in [0, 0.1) is 0 Å². The first kappa shape index (κ1) is 18.9. The van der Waals surface area contributed by atoms with Crippen molar-refractivity contribution in [2.24, 2.45) is 0 Å². The number of rotatable bonds is 8. The number of anilines is 1. The lowest BCUT2D eigenvalue weighted by Gasteiger charge is -2.10. The number of thioether (sulfide) groups is 1. The van der Waals surface area contributed by atoms with E-state index in [0.717, 1.165) is 5.82 Å². The minimum Gasteiger partial charge on any atom is -0.435 e. The van der Waals surface area contributed by atoms with Crippen LogP contribution in [0.2, 0.25) is 0 Å². The number of hydrogen-bond donors (Lipinski definition) is 1. The van der Waals surface area contributed by atoms with Gasteiger partial charge in [-0.05, 0) is 36.4 Å². The van der Waals surface area contributed by atoms with Crippen LogP contribution in [-0.2, 0) is 11.2 Å². The van der Waals surface area contributed by atoms with E-state index in [1.54, 1.807) is 0 Å². The van der Waals surface area contributed by atoms with Gasteiger partial charge in [-0.1, -0.05) is 18.7 Å². The molecule has 3 rings (SSSR count). The molecule has 0 atom stereocenters. The van der Waals surface area contributed by atoms with Crippen LogP contribution in [-0.4, -0.2) is 37.8 Å². The van der Waals surface area contributed by atoms with E-state index in [1.807, 2.05) is 40.8 Å². The van der Waals surface area contributed by atoms with E-state index >= 15 is 0 Å². The van der Waals surface area contributed by atoms with Crippen LogP contribution in [0.4, 0.5) is 14.5 Å². The molecule has 2 heterocycles. The summed E-state index contributed by atoms with van der Waals surface area (Å²) in [6.45, 7) is -0.903. The molecular formula is C17H17F2N5O2S. The Morgan fingerprint density at radius 3 is 2.56 bits per heavy atom. The Bertz CT molecular complexity index is 881. The molecule has 1 amide bonds. The number of aryl methyl sites for hydroxylation is 1. The van der Waals surface area contributed by atoms with Gasteiger partial charge in [0.15, 0.2) is 5.82 Å². The quantitative estimate of drug-likeness (QED) is 0.595. The molecule has 10 heteroatoms. The Morgan fingerprint density at radius 1 is 1.22 bits per heavy atom. The lowest BCUT2D eigenvalue weighted by atomic mass is 10.3. The number of amides is 1. The Kier molecular flexibility index (Phi) is 6.07. The van der Waals surface area contributed by atoms with Crippen molar-refractivity contribution in [2.75, 3.05) is 11.1 Å². The number of benzene rings is 1. The molecule has 7 nitrogen and oxygen atoms in total. The van der Waals surface area contributed by atoms with Gasteiger partial charge in [-0.25, -0.2) is 4.68 Å². The summed E-state index contributed by atoms with van der Waals surface area (Å²) in [7, 11) is 0. The zero-order valence-corrected chi connectivity index (χ0v) is 15.2. The van der Waals surface area contributed by atoms with Crippen molar-refractivity contribution in [3.8, 4) is 5.75 Å². The Labute approximate surface area is 158 Å². The van der Waals surface area contributed by atoms with E-state index in [-0.39, 0.29) is 17.4 Å². The second kappa shape index (κ2) is 8.67. The van der Waals surface area contributed by atoms with Crippen LogP contribution in [0.5, 0.6) is 5.75 Å². The van der Waals surface area contributed by atoms with Crippen molar-refractivity contribution in [1.82, 2.24) is 19.5 Å². The topological polar surface area (TPSA) is 74.0 Å². The molecule has 3 aromatic rings. The van der Waals surface area contributed by atoms with E-state index in [9.17, 15) is 13.6 Å². The highest BCUT2D eigenvalue weighted by Crippen LogP contribution is 2.20. The molecule has 27 heavy (non-hydrogen) atoms. The standard InChI is InChI=1S/C17H17F2N5O2S/c1-2-14-21-22-17(24(14)23-9-3-4-10-23)27-11-15(25)20-12-5-7-13(8-6-12)26-16(18)19/h3-10,16H,2,11H2,1H3,(H,20,25). The number of alkyl halides is 2. The maximum Gasteiger partial charge on any atom is 0.387 e. The third-order valence-corrected chi connectivity index (χ3v) is 4.43. The SMILES string of the molecule is CCc1nnc(SCC(=O)Nc2ccc(OC(F)F)cc2)n1-n1cccc1. The highest BCUT2D eigenvalue weighted by molar-refractivity contribution is 7.99. The van der Waals surface area contributed by atoms with Gasteiger partial charge in [0, 0.05) is 24.5 Å². The number of hydrogen-bond acceptors (Lipinski definition) is 5. The lowest BCUT2D eigenvalue weighted by Crippen LogP contribution is -2.16. The van der Waals surface area contributed by atoms with Gasteiger partial charge in [0.2, 0.25) is 11.1 Å². The van der Waals surface area contributed by atoms with Crippen LogP contribution < -0.4 is 10.1 Å². The van der Waals surface area contributed by atoms with Gasteiger partial charge in [0.1, 0.15) is 5.75 Å². The van der Waals surface area contributed by atoms with Gasteiger partial charge in [-0.3, -0.25) is 9.47 Å². The average Bonchev–Trinajstić information content (AvgIpc) is 3.30. The van der Waals surface area contributed by atoms with E-state index in [0.29, 0.717) is 17.3 Å². The predicted octanol–water partition coefficient (Wildman–Crippen LogP) is 3.29. The smallest absolute Gasteiger partial charge is 0.387 e. The largest absolute Gasteiger partial charge is 0.435 e. The molecule has 0 unspecified atom stereocenters. The Hall–Kier alpha value is -2.88. The minimum atomic E-state index is -2.88. The third-order valence-electron chi connectivity index (χ3n) is 3.51. The summed E-state index contributed by atoms with van der Waals surface area (Å²) in [6.07, 6.45) is 4.44. The van der Waals surface area contributed by atoms with Crippen LogP contribution in [0.25, 0.3) is 0 Å². The van der Waals surface area contributed by atoms with Crippen molar-refractivity contribution in [1.29, 1.82) is 0 Å². The molecule has 0 aliphatic rings. The second-order valence-corrected chi connectivity index (χ2v) is 6.31. The van der Waals surface area contributed by atoms with Crippen molar-refractivity contribution in [2.45, 2.75) is 25.1 Å². The van der Waals surface area contributed by atoms with Crippen molar-refractivity contribution >= 4 is 23.4 Å². The van der Waals surface area contributed by atoms with Crippen molar-refractivity contribution in [3.63, 3.8) is 0 Å². The molecular weight excluding hydrogens is 376 g/mol. The molecule has 2 aromatic heterocycles. The van der Waals surface area contributed by atoms with Gasteiger partial charge in [-0.2, -0.15) is 8.78 Å². The monoisotopic (exact) mass is 393 g/mol. The first-order chi connectivity index (χ1) is 13.1. The zero-order chi connectivity index (χ0) is 19.2. The molecule has 0 spiro atoms. The number of ether oxygens (including phenoxy) is 1. The Morgan fingerprint density at radius 2 is 1.93 bits per heavy atom. The summed E-state index contributed by atoms with van der Waals surface area (Å²) < 4.78 is 32.3. The summed E-state index contributed by atoms with van der Waals surface area (Å²) >= 11 is 1.25. The summed E-state index contributed by atoms with van der Waals surface area (Å²) in [5.41, 5.74) is 0.489. The van der Waals surface area contributed by atoms with E-state index < -0.39 is 6.61 Å². The van der Waals surface area contributed by atoms with Gasteiger partial charge in [0.25, 0.3) is 0 Å². The van der Waals surface area contributed by atoms with E-state index in [1.165, 1.54) is 36.0 Å². The first-order valence-corrected chi connectivity index (χ1v) is 9.11. The fourth-order valence-electron chi connectivity index (χ4n) is 2.34. The lowest BCUT2D eigenvalue weighted by molar-refractivity contribution is -0.113. The van der Waals surface area contributed by atoms with Crippen LogP contribution >= 0.6 is 11.8 Å². The molecule has 0 bridgehead atoms. The first-order valence-electron chi connectivity index (χ1n) is 8.12. The fourth-order valence-corrected chi connectivity index (χ4v) is 3.10. The maximum absolute atomic E-state index is 12.2. The molecule has 0 aliphatic carbocycles. The summed E-state index contributed by atoms with van der Waals surface area (Å²) in [6, 6.07) is 9.51. The highest BCUT2D eigenvalue weighted by atomic mass is 32.2.